The highest BCUT2D eigenvalue weighted by Crippen LogP contribution is 2.33. The number of unbranched alkanes of at least 4 members (excludes halogenated alkanes) is 1. The van der Waals surface area contributed by atoms with Gasteiger partial charge in [-0.05, 0) is 31.9 Å². The van der Waals surface area contributed by atoms with Crippen LogP contribution in [-0.2, 0) is 9.59 Å². The molecule has 0 atom stereocenters. The summed E-state index contributed by atoms with van der Waals surface area (Å²) >= 11 is 0.960. The number of rotatable bonds is 7. The third kappa shape index (κ3) is 3.89. The van der Waals surface area contributed by atoms with Crippen LogP contribution in [0.15, 0.2) is 16.9 Å². The van der Waals surface area contributed by atoms with Crippen LogP contribution < -0.4 is 15.5 Å². The minimum absolute atomic E-state index is 0.0212. The second-order valence-electron chi connectivity index (χ2n) is 5.13. The largest absolute Gasteiger partial charge is 0.506 e. The summed E-state index contributed by atoms with van der Waals surface area (Å²) in [5.41, 5.74) is 6.02. The van der Waals surface area contributed by atoms with Gasteiger partial charge in [0.05, 0.1) is 10.4 Å². The maximum Gasteiger partial charge on any atom is 0.305 e. The topological polar surface area (TPSA) is 116 Å². The van der Waals surface area contributed by atoms with Crippen molar-refractivity contribution in [3.63, 3.8) is 0 Å². The van der Waals surface area contributed by atoms with E-state index in [-0.39, 0.29) is 28.9 Å². The normalized spacial score (nSPS) is 10.8. The monoisotopic (exact) mass is 337 g/mol. The van der Waals surface area contributed by atoms with Crippen LogP contribution in [0.25, 0.3) is 10.2 Å². The molecule has 0 aliphatic heterocycles. The van der Waals surface area contributed by atoms with Crippen molar-refractivity contribution >= 4 is 39.1 Å². The van der Waals surface area contributed by atoms with Gasteiger partial charge in [-0.2, -0.15) is 0 Å². The number of anilines is 1. The maximum absolute atomic E-state index is 12.4. The fraction of sp³-hybridized carbons (Fsp3) is 0.400. The SMILES string of the molecule is CCN(C(=O)CCCCC(N)=O)c1ccc(O)c2[nH]c(=O)sc12. The second kappa shape index (κ2) is 7.28. The van der Waals surface area contributed by atoms with Gasteiger partial charge in [-0.15, -0.1) is 0 Å². The molecule has 2 rings (SSSR count). The van der Waals surface area contributed by atoms with Crippen LogP contribution >= 0.6 is 11.3 Å². The smallest absolute Gasteiger partial charge is 0.305 e. The van der Waals surface area contributed by atoms with E-state index >= 15 is 0 Å². The number of primary amides is 1. The maximum atomic E-state index is 12.4. The Labute approximate surface area is 136 Å². The number of nitrogens with zero attached hydrogens (tertiary/aromatic N) is 1. The van der Waals surface area contributed by atoms with Crippen LogP contribution in [0.4, 0.5) is 5.69 Å². The minimum atomic E-state index is -0.373. The average molecular weight is 337 g/mol. The lowest BCUT2D eigenvalue weighted by atomic mass is 10.1. The Balaban J connectivity index is 2.20. The van der Waals surface area contributed by atoms with Crippen molar-refractivity contribution in [2.24, 2.45) is 5.73 Å². The van der Waals surface area contributed by atoms with E-state index in [0.717, 1.165) is 11.3 Å². The number of aromatic hydroxyl groups is 1. The molecule has 0 fully saturated rings. The standard InChI is InChI=1S/C15H19N3O4S/c1-2-18(12(21)6-4-3-5-11(16)20)9-7-8-10(19)13-14(9)23-15(22)17-13/h7-8,19H,2-6H2,1H3,(H2,16,20)(H,17,22). The fourth-order valence-corrected chi connectivity index (χ4v) is 3.29. The van der Waals surface area contributed by atoms with Gasteiger partial charge in [-0.1, -0.05) is 11.3 Å². The molecule has 0 unspecified atom stereocenters. The lowest BCUT2D eigenvalue weighted by Crippen LogP contribution is -2.30. The van der Waals surface area contributed by atoms with Gasteiger partial charge in [0.1, 0.15) is 11.3 Å². The van der Waals surface area contributed by atoms with E-state index in [1.54, 1.807) is 11.0 Å². The molecule has 4 N–H and O–H groups in total. The number of amides is 2. The van der Waals surface area contributed by atoms with Crippen molar-refractivity contribution in [2.75, 3.05) is 11.4 Å². The van der Waals surface area contributed by atoms with E-state index in [0.29, 0.717) is 41.7 Å². The Hall–Kier alpha value is -2.35. The molecule has 1 aromatic heterocycles. The van der Waals surface area contributed by atoms with Crippen molar-refractivity contribution in [2.45, 2.75) is 32.6 Å². The van der Waals surface area contributed by atoms with E-state index in [1.807, 2.05) is 6.92 Å². The van der Waals surface area contributed by atoms with Crippen molar-refractivity contribution in [1.82, 2.24) is 4.98 Å². The zero-order valence-electron chi connectivity index (χ0n) is 12.8. The number of hydrogen-bond acceptors (Lipinski definition) is 5. The predicted octanol–water partition coefficient (Wildman–Crippen LogP) is 1.69. The second-order valence-corrected chi connectivity index (χ2v) is 6.12. The Kier molecular flexibility index (Phi) is 5.38. The Morgan fingerprint density at radius 2 is 2.00 bits per heavy atom. The number of benzene rings is 1. The lowest BCUT2D eigenvalue weighted by molar-refractivity contribution is -0.120. The summed E-state index contributed by atoms with van der Waals surface area (Å²) in [6, 6.07) is 3.09. The van der Waals surface area contributed by atoms with Crippen LogP contribution in [0, 0.1) is 0 Å². The summed E-state index contributed by atoms with van der Waals surface area (Å²) in [6.07, 6.45) is 1.70. The molecule has 2 amide bonds. The Bertz CT molecular complexity index is 781. The number of phenolic OH excluding ortho intramolecular Hbond substituents is 1. The molecule has 0 saturated heterocycles. The van der Waals surface area contributed by atoms with E-state index in [1.165, 1.54) is 6.07 Å². The number of nitrogens with one attached hydrogen (secondary N) is 1. The molecular weight excluding hydrogens is 318 g/mol. The number of aromatic amines is 1. The van der Waals surface area contributed by atoms with Crippen molar-refractivity contribution < 1.29 is 14.7 Å². The number of hydrogen-bond donors (Lipinski definition) is 3. The van der Waals surface area contributed by atoms with Gasteiger partial charge >= 0.3 is 4.87 Å². The zero-order valence-corrected chi connectivity index (χ0v) is 13.6. The van der Waals surface area contributed by atoms with E-state index in [9.17, 15) is 19.5 Å². The van der Waals surface area contributed by atoms with Gasteiger partial charge in [0.25, 0.3) is 0 Å². The average Bonchev–Trinajstić information content (AvgIpc) is 2.89. The molecule has 0 bridgehead atoms. The Morgan fingerprint density at radius 1 is 1.30 bits per heavy atom. The molecule has 8 heteroatoms. The quantitative estimate of drug-likeness (QED) is 0.667. The van der Waals surface area contributed by atoms with Gasteiger partial charge in [-0.25, -0.2) is 0 Å². The third-order valence-electron chi connectivity index (χ3n) is 3.51. The molecule has 7 nitrogen and oxygen atoms in total. The van der Waals surface area contributed by atoms with Crippen LogP contribution in [0.5, 0.6) is 5.75 Å². The molecule has 23 heavy (non-hydrogen) atoms. The molecule has 124 valence electrons. The molecule has 1 heterocycles. The summed E-state index contributed by atoms with van der Waals surface area (Å²) in [5, 5.41) is 9.82. The number of aromatic nitrogens is 1. The fourth-order valence-electron chi connectivity index (χ4n) is 2.41. The first-order chi connectivity index (χ1) is 10.9. The molecule has 0 radical (unpaired) electrons. The summed E-state index contributed by atoms with van der Waals surface area (Å²) in [7, 11) is 0. The van der Waals surface area contributed by atoms with Crippen LogP contribution in [-0.4, -0.2) is 28.4 Å². The van der Waals surface area contributed by atoms with Gasteiger partial charge < -0.3 is 20.7 Å². The number of nitrogens with two attached hydrogens (primary N) is 1. The van der Waals surface area contributed by atoms with Gasteiger partial charge in [0.15, 0.2) is 0 Å². The van der Waals surface area contributed by atoms with Gasteiger partial charge in [-0.3, -0.25) is 14.4 Å². The number of fused-ring (bicyclic) bond motifs is 1. The van der Waals surface area contributed by atoms with E-state index in [2.05, 4.69) is 4.98 Å². The van der Waals surface area contributed by atoms with E-state index in [4.69, 9.17) is 5.73 Å². The Morgan fingerprint density at radius 3 is 2.65 bits per heavy atom. The van der Waals surface area contributed by atoms with Crippen LogP contribution in [0.1, 0.15) is 32.6 Å². The summed E-state index contributed by atoms with van der Waals surface area (Å²) in [5.74, 6) is -0.487. The van der Waals surface area contributed by atoms with Crippen molar-refractivity contribution in [3.8, 4) is 5.75 Å². The predicted molar refractivity (Wildman–Crippen MR) is 89.8 cm³/mol. The third-order valence-corrected chi connectivity index (χ3v) is 4.41. The minimum Gasteiger partial charge on any atom is -0.506 e. The lowest BCUT2D eigenvalue weighted by Gasteiger charge is -2.21. The highest BCUT2D eigenvalue weighted by Gasteiger charge is 2.19. The van der Waals surface area contributed by atoms with Gasteiger partial charge in [0.2, 0.25) is 11.8 Å². The number of carbonyl (C=O) groups is 2. The number of phenols is 1. The number of H-pyrrole nitrogens is 1. The molecule has 2 aromatic rings. The number of thiazole rings is 1. The molecule has 1 aromatic carbocycles. The summed E-state index contributed by atoms with van der Waals surface area (Å²) < 4.78 is 0.558. The zero-order chi connectivity index (χ0) is 17.0. The van der Waals surface area contributed by atoms with E-state index < -0.39 is 0 Å². The first-order valence-corrected chi connectivity index (χ1v) is 8.19. The molecule has 0 spiro atoms. The number of carbonyl (C=O) groups excluding carboxylic acids is 2. The van der Waals surface area contributed by atoms with Gasteiger partial charge in [0, 0.05) is 19.4 Å². The first kappa shape index (κ1) is 17.0. The molecule has 0 saturated carbocycles. The first-order valence-electron chi connectivity index (χ1n) is 7.37. The summed E-state index contributed by atoms with van der Waals surface area (Å²) in [4.78, 5) is 38.5. The van der Waals surface area contributed by atoms with Crippen molar-refractivity contribution in [1.29, 1.82) is 0 Å². The highest BCUT2D eigenvalue weighted by atomic mass is 32.1. The molecular formula is C15H19N3O4S. The van der Waals surface area contributed by atoms with Crippen molar-refractivity contribution in [3.05, 3.63) is 21.8 Å². The molecule has 0 aliphatic rings. The molecule has 0 aliphatic carbocycles. The highest BCUT2D eigenvalue weighted by molar-refractivity contribution is 7.17. The van der Waals surface area contributed by atoms with Crippen LogP contribution in [0.2, 0.25) is 0 Å². The summed E-state index contributed by atoms with van der Waals surface area (Å²) in [6.45, 7) is 2.29. The van der Waals surface area contributed by atoms with Crippen LogP contribution in [0.3, 0.4) is 0 Å².